The van der Waals surface area contributed by atoms with Gasteiger partial charge in [0.05, 0.1) is 5.60 Å². The van der Waals surface area contributed by atoms with E-state index in [1.165, 1.54) is 5.56 Å². The minimum absolute atomic E-state index is 0.0583. The zero-order valence-corrected chi connectivity index (χ0v) is 18.0. The molecule has 0 saturated carbocycles. The smallest absolute Gasteiger partial charge is 0.475 e. The molecular weight excluding hydrogens is 435 g/mol. The number of amides is 2. The van der Waals surface area contributed by atoms with Crippen LogP contribution in [0.1, 0.15) is 37.7 Å². The van der Waals surface area contributed by atoms with Crippen molar-refractivity contribution in [1.82, 2.24) is 15.1 Å². The Labute approximate surface area is 183 Å². The third kappa shape index (κ3) is 6.81. The largest absolute Gasteiger partial charge is 0.490 e. The van der Waals surface area contributed by atoms with Gasteiger partial charge in [-0.3, -0.25) is 4.90 Å². The number of nitrogens with zero attached hydrogens (tertiary/aromatic N) is 2. The van der Waals surface area contributed by atoms with Crippen molar-refractivity contribution in [3.05, 3.63) is 22.4 Å². The van der Waals surface area contributed by atoms with Gasteiger partial charge in [0.15, 0.2) is 0 Å². The molecule has 2 atom stereocenters. The topological polar surface area (TPSA) is 82.1 Å². The Bertz CT molecular complexity index is 741. The summed E-state index contributed by atoms with van der Waals surface area (Å²) in [5, 5.41) is 14.8. The van der Waals surface area contributed by atoms with Gasteiger partial charge in [-0.15, -0.1) is 0 Å². The number of hydrogen-bond donors (Lipinski definition) is 2. The second kappa shape index (κ2) is 10.2. The van der Waals surface area contributed by atoms with Crippen LogP contribution in [0.5, 0.6) is 0 Å². The highest BCUT2D eigenvalue weighted by atomic mass is 32.1. The summed E-state index contributed by atoms with van der Waals surface area (Å²) in [4.78, 5) is 25.7. The maximum atomic E-state index is 12.4. The maximum absolute atomic E-state index is 12.4. The fourth-order valence-corrected chi connectivity index (χ4v) is 4.98. The van der Waals surface area contributed by atoms with Gasteiger partial charge in [-0.25, -0.2) is 9.59 Å². The predicted molar refractivity (Wildman–Crippen MR) is 109 cm³/mol. The first kappa shape index (κ1) is 23.8. The van der Waals surface area contributed by atoms with E-state index in [9.17, 15) is 18.0 Å². The van der Waals surface area contributed by atoms with E-state index in [-0.39, 0.29) is 17.7 Å². The molecule has 1 aromatic rings. The third-order valence-electron chi connectivity index (χ3n) is 5.84. The Balaban J connectivity index is 0.000000339. The first-order chi connectivity index (χ1) is 14.7. The Hall–Kier alpha value is -1.85. The average molecular weight is 464 g/mol. The van der Waals surface area contributed by atoms with Gasteiger partial charge in [0.1, 0.15) is 0 Å². The van der Waals surface area contributed by atoms with Gasteiger partial charge in [0, 0.05) is 45.4 Å². The molecule has 1 spiro atoms. The van der Waals surface area contributed by atoms with Crippen LogP contribution in [0.4, 0.5) is 18.0 Å². The number of carbonyl (C=O) groups is 2. The van der Waals surface area contributed by atoms with Gasteiger partial charge < -0.3 is 20.1 Å². The average Bonchev–Trinajstić information content (AvgIpc) is 3.45. The summed E-state index contributed by atoms with van der Waals surface area (Å²) >= 11 is 1.76. The van der Waals surface area contributed by atoms with Gasteiger partial charge in [0.25, 0.3) is 0 Å². The predicted octanol–water partition coefficient (Wildman–Crippen LogP) is 3.31. The number of aliphatic carboxylic acids is 1. The summed E-state index contributed by atoms with van der Waals surface area (Å²) in [6, 6.07) is 2.59. The number of carbonyl (C=O) groups excluding carboxylic acids is 1. The lowest BCUT2D eigenvalue weighted by Gasteiger charge is -2.39. The quantitative estimate of drug-likeness (QED) is 0.719. The maximum Gasteiger partial charge on any atom is 0.490 e. The van der Waals surface area contributed by atoms with Crippen molar-refractivity contribution in [2.24, 2.45) is 0 Å². The molecule has 2 amide bonds. The Morgan fingerprint density at radius 3 is 2.61 bits per heavy atom. The van der Waals surface area contributed by atoms with E-state index in [1.54, 1.807) is 11.3 Å². The Morgan fingerprint density at radius 1 is 1.29 bits per heavy atom. The molecule has 174 valence electrons. The summed E-state index contributed by atoms with van der Waals surface area (Å²) < 4.78 is 37.9. The number of urea groups is 1. The molecule has 0 bridgehead atoms. The van der Waals surface area contributed by atoms with E-state index in [0.29, 0.717) is 0 Å². The molecule has 0 radical (unpaired) electrons. The van der Waals surface area contributed by atoms with Crippen LogP contribution in [0, 0.1) is 0 Å². The number of halogens is 3. The van der Waals surface area contributed by atoms with Gasteiger partial charge in [-0.05, 0) is 54.5 Å². The second-order valence-corrected chi connectivity index (χ2v) is 9.04. The highest BCUT2D eigenvalue weighted by Crippen LogP contribution is 2.35. The van der Waals surface area contributed by atoms with E-state index in [1.807, 2.05) is 4.90 Å². The molecule has 0 aliphatic carbocycles. The van der Waals surface area contributed by atoms with Crippen LogP contribution in [-0.2, 0) is 16.1 Å². The van der Waals surface area contributed by atoms with Crippen molar-refractivity contribution in [3.63, 3.8) is 0 Å². The van der Waals surface area contributed by atoms with E-state index in [4.69, 9.17) is 14.6 Å². The molecule has 3 aliphatic rings. The van der Waals surface area contributed by atoms with Crippen molar-refractivity contribution in [2.75, 3.05) is 32.8 Å². The molecule has 11 heteroatoms. The SMILES string of the molecule is O=C(N[C@@H]1CCO[C@]2(CCN(Cc3ccsc3)C2)C1)N1CCCC1.O=C(O)C(F)(F)F. The number of alkyl halides is 3. The lowest BCUT2D eigenvalue weighted by Crippen LogP contribution is -2.52. The molecule has 31 heavy (non-hydrogen) atoms. The fraction of sp³-hybridized carbons (Fsp3) is 0.700. The van der Waals surface area contributed by atoms with Crippen LogP contribution < -0.4 is 5.32 Å². The highest BCUT2D eigenvalue weighted by Gasteiger charge is 2.43. The number of likely N-dealkylation sites (tertiary alicyclic amines) is 2. The number of ether oxygens (including phenoxy) is 1. The molecule has 3 aliphatic heterocycles. The summed E-state index contributed by atoms with van der Waals surface area (Å²) in [5.41, 5.74) is 1.34. The van der Waals surface area contributed by atoms with Crippen molar-refractivity contribution in [2.45, 2.75) is 56.5 Å². The van der Waals surface area contributed by atoms with E-state index < -0.39 is 12.1 Å². The summed E-state index contributed by atoms with van der Waals surface area (Å²) in [7, 11) is 0. The molecule has 4 heterocycles. The fourth-order valence-electron chi connectivity index (χ4n) is 4.32. The standard InChI is InChI=1S/C18H27N3O2S.C2HF3O2/c22-17(21-6-1-2-7-21)19-16-3-9-23-18(11-16)5-8-20(14-18)12-15-4-10-24-13-15;3-2(4,5)1(6)7/h4,10,13,16H,1-3,5-9,11-12,14H2,(H,19,22);(H,6,7)/t16-,18-;/m1./s1. The molecule has 3 fully saturated rings. The Kier molecular flexibility index (Phi) is 7.82. The van der Waals surface area contributed by atoms with Crippen LogP contribution in [0.2, 0.25) is 0 Å². The van der Waals surface area contributed by atoms with E-state index in [2.05, 4.69) is 27.0 Å². The van der Waals surface area contributed by atoms with Crippen LogP contribution in [0.15, 0.2) is 16.8 Å². The van der Waals surface area contributed by atoms with Crippen LogP contribution >= 0.6 is 11.3 Å². The Morgan fingerprint density at radius 2 is 2.00 bits per heavy atom. The van der Waals surface area contributed by atoms with E-state index >= 15 is 0 Å². The van der Waals surface area contributed by atoms with E-state index in [0.717, 1.165) is 71.4 Å². The molecule has 7 nitrogen and oxygen atoms in total. The molecule has 0 aromatic carbocycles. The van der Waals surface area contributed by atoms with Gasteiger partial charge >= 0.3 is 18.2 Å². The van der Waals surface area contributed by atoms with Crippen LogP contribution in [0.25, 0.3) is 0 Å². The number of carboxylic acid groups (broad SMARTS) is 1. The zero-order chi connectivity index (χ0) is 22.5. The van der Waals surface area contributed by atoms with Crippen LogP contribution in [0.3, 0.4) is 0 Å². The van der Waals surface area contributed by atoms with Gasteiger partial charge in [-0.1, -0.05) is 0 Å². The number of hydrogen-bond acceptors (Lipinski definition) is 5. The number of carboxylic acids is 1. The number of nitrogens with one attached hydrogen (secondary N) is 1. The second-order valence-electron chi connectivity index (χ2n) is 8.26. The van der Waals surface area contributed by atoms with Crippen molar-refractivity contribution in [3.8, 4) is 0 Å². The molecule has 4 rings (SSSR count). The van der Waals surface area contributed by atoms with Crippen molar-refractivity contribution in [1.29, 1.82) is 0 Å². The van der Waals surface area contributed by atoms with Gasteiger partial charge in [0.2, 0.25) is 0 Å². The summed E-state index contributed by atoms with van der Waals surface area (Å²) in [6.07, 6.45) is 0.164. The van der Waals surface area contributed by atoms with Crippen LogP contribution in [-0.4, -0.2) is 77.5 Å². The molecule has 2 N–H and O–H groups in total. The lowest BCUT2D eigenvalue weighted by molar-refractivity contribution is -0.192. The third-order valence-corrected chi connectivity index (χ3v) is 6.57. The molecular formula is C20H28F3N3O4S. The lowest BCUT2D eigenvalue weighted by atomic mass is 9.89. The number of thiophene rings is 1. The van der Waals surface area contributed by atoms with Gasteiger partial charge in [-0.2, -0.15) is 24.5 Å². The monoisotopic (exact) mass is 463 g/mol. The summed E-state index contributed by atoms with van der Waals surface area (Å²) in [6.45, 7) is 5.67. The van der Waals surface area contributed by atoms with Crippen molar-refractivity contribution < 1.29 is 32.6 Å². The summed E-state index contributed by atoms with van der Waals surface area (Å²) in [5.74, 6) is -2.76. The number of rotatable bonds is 3. The minimum Gasteiger partial charge on any atom is -0.475 e. The molecule has 1 aromatic heterocycles. The van der Waals surface area contributed by atoms with Crippen molar-refractivity contribution >= 4 is 23.3 Å². The zero-order valence-electron chi connectivity index (χ0n) is 17.2. The highest BCUT2D eigenvalue weighted by molar-refractivity contribution is 7.07. The first-order valence-corrected chi connectivity index (χ1v) is 11.3. The normalized spacial score (nSPS) is 26.5. The first-order valence-electron chi connectivity index (χ1n) is 10.4. The minimum atomic E-state index is -5.08. The molecule has 3 saturated heterocycles. The molecule has 0 unspecified atom stereocenters.